The molecule has 16 bridgehead atoms. The van der Waals surface area contributed by atoms with Gasteiger partial charge in [-0.3, -0.25) is 0 Å². The van der Waals surface area contributed by atoms with E-state index in [9.17, 15) is 0 Å². The van der Waals surface area contributed by atoms with Crippen molar-refractivity contribution in [3.8, 4) is 44.5 Å². The van der Waals surface area contributed by atoms with Crippen LogP contribution in [0.25, 0.3) is 145 Å². The van der Waals surface area contributed by atoms with Crippen LogP contribution in [0.3, 0.4) is 0 Å². The number of H-pyrrole nitrogens is 4. The highest BCUT2D eigenvalue weighted by Crippen LogP contribution is 2.51. The molecule has 4 N–H and O–H groups in total. The zero-order valence-corrected chi connectivity index (χ0v) is 96.6. The topological polar surface area (TPSA) is 115 Å². The molecule has 0 aliphatic carbocycles. The van der Waals surface area contributed by atoms with E-state index in [1.54, 1.807) is 0 Å². The molecule has 0 unspecified atom stereocenters. The van der Waals surface area contributed by atoms with Gasteiger partial charge in [0.2, 0.25) is 0 Å². The maximum Gasteiger partial charge on any atom is 0.0769 e. The fourth-order valence-electron chi connectivity index (χ4n) is 23.5. The van der Waals surface area contributed by atoms with Crippen LogP contribution < -0.4 is 0 Å². The third kappa shape index (κ3) is 25.7. The molecule has 4 aromatic carbocycles. The molecule has 14 rings (SSSR count). The molecule has 780 valence electrons. The summed E-state index contributed by atoms with van der Waals surface area (Å²) in [4.78, 5) is 42.1. The van der Waals surface area contributed by atoms with Crippen LogP contribution in [-0.2, 0) is 47.3 Å². The number of rotatable bonds is 46. The molecule has 0 saturated heterocycles. The van der Waals surface area contributed by atoms with Gasteiger partial charge in [-0.25, -0.2) is 19.9 Å². The van der Waals surface area contributed by atoms with Gasteiger partial charge in [-0.1, -0.05) is 390 Å². The van der Waals surface area contributed by atoms with Gasteiger partial charge in [-0.2, -0.15) is 0 Å². The molecule has 4 aliphatic rings. The van der Waals surface area contributed by atoms with Crippen molar-refractivity contribution in [1.29, 1.82) is 0 Å². The lowest BCUT2D eigenvalue weighted by atomic mass is 9.78. The van der Waals surface area contributed by atoms with Crippen molar-refractivity contribution in [2.45, 2.75) is 472 Å². The Balaban J connectivity index is 0.991. The summed E-state index contributed by atoms with van der Waals surface area (Å²) < 4.78 is 0. The van der Waals surface area contributed by atoms with E-state index in [4.69, 9.17) is 19.9 Å². The fraction of sp³-hybridized carbons (Fsp3) is 0.522. The van der Waals surface area contributed by atoms with Crippen molar-refractivity contribution in [2.24, 2.45) is 0 Å². The molecule has 0 radical (unpaired) electrons. The Hall–Kier alpha value is -10.2. The van der Waals surface area contributed by atoms with Gasteiger partial charge >= 0.3 is 0 Å². The zero-order valence-electron chi connectivity index (χ0n) is 96.6. The summed E-state index contributed by atoms with van der Waals surface area (Å²) in [6.45, 7) is 66.7. The minimum absolute atomic E-state index is 0.0901. The summed E-state index contributed by atoms with van der Waals surface area (Å²) in [6, 6.07) is 44.2. The SMILES string of the molecule is CCCCCCC1=C(C)c2nc1cc1[nH]c(c(C)c1CCCCCC)c(-c1ccc(/C=C/c3ccc(-c4c5nc(cc6[nH]c(c(C)c6CCCCCC)c(-c6cc(C(C)(C)C)cc(C(C)(C)C)c6)c6nc(cc7[nH]c4c(C)c7CCCCCC)C(CCCCCC)=C6C)C(CCCCCC)=C5C)cc3)cc1)c1nc(cc3[nH]c(c(C)c3CCCCCC)c2-c2cc(C(C)(C)C)cc(C(C)(C)C)c2)C(CCCCCC)=C1C. The predicted octanol–water partition coefficient (Wildman–Crippen LogP) is 42.3. The Morgan fingerprint density at radius 3 is 0.603 bits per heavy atom. The summed E-state index contributed by atoms with van der Waals surface area (Å²) in [6.07, 6.45) is 50.2. The molecule has 6 aromatic heterocycles. The molecule has 0 spiro atoms. The van der Waals surface area contributed by atoms with Gasteiger partial charge in [0.05, 0.1) is 67.6 Å². The Bertz CT molecular complexity index is 6320. The summed E-state index contributed by atoms with van der Waals surface area (Å²) in [5.41, 5.74) is 56.5. The van der Waals surface area contributed by atoms with Gasteiger partial charge in [0.25, 0.3) is 0 Å². The number of unbranched alkanes of at least 4 members (excludes halogenated alkanes) is 24. The van der Waals surface area contributed by atoms with Gasteiger partial charge < -0.3 is 19.9 Å². The van der Waals surface area contributed by atoms with E-state index in [-0.39, 0.29) is 21.7 Å². The molecule has 10 heterocycles. The van der Waals surface area contributed by atoms with E-state index in [0.717, 1.165) is 182 Å². The first kappa shape index (κ1) is 111. The van der Waals surface area contributed by atoms with Crippen molar-refractivity contribution in [2.75, 3.05) is 0 Å². The number of nitrogens with one attached hydrogen (secondary N) is 4. The van der Waals surface area contributed by atoms with Gasteiger partial charge in [0.1, 0.15) is 0 Å². The number of benzene rings is 4. The Kier molecular flexibility index (Phi) is 38.1. The predicted molar refractivity (Wildman–Crippen MR) is 643 cm³/mol. The molecule has 0 saturated carbocycles. The maximum atomic E-state index is 6.17. The van der Waals surface area contributed by atoms with Crippen LogP contribution in [0.5, 0.6) is 0 Å². The number of nitrogens with zero attached hydrogens (tertiary/aromatic N) is 4. The van der Waals surface area contributed by atoms with E-state index >= 15 is 0 Å². The average Bonchev–Trinajstić information content (AvgIpc) is 1.59. The lowest BCUT2D eigenvalue weighted by Gasteiger charge is -2.26. The fourth-order valence-corrected chi connectivity index (χ4v) is 23.5. The first-order valence-corrected chi connectivity index (χ1v) is 58.6. The van der Waals surface area contributed by atoms with Crippen molar-refractivity contribution in [1.82, 2.24) is 39.9 Å². The van der Waals surface area contributed by atoms with Crippen molar-refractivity contribution >= 4 is 101 Å². The highest BCUT2D eigenvalue weighted by Gasteiger charge is 2.34. The van der Waals surface area contributed by atoms with Gasteiger partial charge in [-0.05, 0) is 349 Å². The lowest BCUT2D eigenvalue weighted by molar-refractivity contribution is 0.568. The highest BCUT2D eigenvalue weighted by molar-refractivity contribution is 6.07. The summed E-state index contributed by atoms with van der Waals surface area (Å²) >= 11 is 0. The van der Waals surface area contributed by atoms with Crippen LogP contribution in [0.1, 0.15) is 521 Å². The molecule has 8 nitrogen and oxygen atoms in total. The number of aryl methyl sites for hydroxylation is 8. The molecule has 146 heavy (non-hydrogen) atoms. The quantitative estimate of drug-likeness (QED) is 0.0225. The second-order valence-electron chi connectivity index (χ2n) is 48.6. The molecule has 8 heteroatoms. The standard InChI is InChI=1S/C138H188N8/c1-29-37-45-53-61-107-89(9)127-123(128-90(10)108(62-54-46-38-30-2)116(140-128)86-120-112(66-58-50-42-34-6)94(14)132(144-120)125(101-79-103(135(17,18)19)83-104(80-101)136(20,21)22)131-93(13)111(65-57-49-41-33-5)119(143-131)85-115(107)139-127)99-75-71-97(72-76-99)69-70-98-73-77-100(78-74-98)124-129-91(11)109(63-55-47-39-31-3)117(141-129)87-121-113(67-59-51-43-35-7)95(15)133(145-121)126(102-81-105(137(23,24)25)84-106(82-102)138(26,27)28)134-96(16)114(68-60-52-44-36-8)122(146-134)88-118-110(64-56-48-40-32-4)92(12)130(124)142-118/h69-88,139,141,144,146H,29-68H2,1-28H3/b70-69+,115-85?,116-86?,117-87?,118-88?,119-85?,120-86?,121-87?,122-88?,127-123?,128-123?,129-124?,130-124?,131-125?,132-125?,133-126?,134-126?. The van der Waals surface area contributed by atoms with E-state index < -0.39 is 0 Å². The molecule has 0 amide bonds. The molecular formula is C138H188N8. The van der Waals surface area contributed by atoms with E-state index in [0.29, 0.717) is 0 Å². The number of aromatic amines is 4. The normalized spacial score (nSPS) is 13.5. The minimum atomic E-state index is -0.0901. The molecule has 4 aliphatic heterocycles. The second-order valence-corrected chi connectivity index (χ2v) is 48.6. The highest BCUT2D eigenvalue weighted by atomic mass is 14.8. The molecule has 10 aromatic rings. The number of hydrogen-bond acceptors (Lipinski definition) is 4. The largest absolute Gasteiger partial charge is 0.354 e. The number of allylic oxidation sites excluding steroid dienone is 8. The monoisotopic (exact) mass is 1960 g/mol. The second kappa shape index (κ2) is 50.0. The van der Waals surface area contributed by atoms with Crippen molar-refractivity contribution in [3.63, 3.8) is 0 Å². The Morgan fingerprint density at radius 2 is 0.411 bits per heavy atom. The van der Waals surface area contributed by atoms with Crippen LogP contribution in [0.2, 0.25) is 0 Å². The third-order valence-electron chi connectivity index (χ3n) is 33.1. The maximum absolute atomic E-state index is 6.17. The Morgan fingerprint density at radius 1 is 0.219 bits per heavy atom. The van der Waals surface area contributed by atoms with E-state index in [1.165, 1.54) is 332 Å². The van der Waals surface area contributed by atoms with Crippen LogP contribution in [0, 0.1) is 27.7 Å². The number of fused-ring (bicyclic) bond motifs is 16. The van der Waals surface area contributed by atoms with Crippen molar-refractivity contribution < 1.29 is 0 Å². The smallest absolute Gasteiger partial charge is 0.0769 e. The van der Waals surface area contributed by atoms with Gasteiger partial charge in [0, 0.05) is 44.3 Å². The van der Waals surface area contributed by atoms with Crippen LogP contribution in [0.4, 0.5) is 0 Å². The summed E-state index contributed by atoms with van der Waals surface area (Å²) in [5, 5.41) is 0. The van der Waals surface area contributed by atoms with Crippen LogP contribution in [-0.4, -0.2) is 39.9 Å². The minimum Gasteiger partial charge on any atom is -0.354 e. The Labute approximate surface area is 884 Å². The van der Waals surface area contributed by atoms with Crippen molar-refractivity contribution in [3.05, 3.63) is 233 Å². The van der Waals surface area contributed by atoms with Crippen LogP contribution >= 0.6 is 0 Å². The summed E-state index contributed by atoms with van der Waals surface area (Å²) in [7, 11) is 0. The number of aromatic nitrogens is 8. The summed E-state index contributed by atoms with van der Waals surface area (Å²) in [5.74, 6) is 0. The number of hydrogen-bond donors (Lipinski definition) is 4. The van der Waals surface area contributed by atoms with E-state index in [2.05, 4.69) is 335 Å². The average molecular weight is 1960 g/mol. The zero-order chi connectivity index (χ0) is 105. The lowest BCUT2D eigenvalue weighted by Crippen LogP contribution is -2.16. The first-order chi connectivity index (χ1) is 70.0. The van der Waals surface area contributed by atoms with E-state index in [1.807, 2.05) is 0 Å². The van der Waals surface area contributed by atoms with Gasteiger partial charge in [0.15, 0.2) is 0 Å². The first-order valence-electron chi connectivity index (χ1n) is 58.6. The third-order valence-corrected chi connectivity index (χ3v) is 33.1. The van der Waals surface area contributed by atoms with Crippen LogP contribution in [0.15, 0.2) is 109 Å². The molecular weight excluding hydrogens is 1770 g/mol. The van der Waals surface area contributed by atoms with Gasteiger partial charge in [-0.15, -0.1) is 0 Å². The molecule has 0 atom stereocenters. The molecule has 0 fully saturated rings.